The third kappa shape index (κ3) is 2.80. The summed E-state index contributed by atoms with van der Waals surface area (Å²) in [5, 5.41) is 0. The van der Waals surface area contributed by atoms with Gasteiger partial charge in [-0.25, -0.2) is 0 Å². The standard InChI is InChI=1S/C9H7Cl3OS/c1-14-7-5-3-2-4-6(7)8(13)9(10,11)12/h2-5H,1H3. The predicted molar refractivity (Wildman–Crippen MR) is 62.8 cm³/mol. The van der Waals surface area contributed by atoms with E-state index in [9.17, 15) is 4.79 Å². The van der Waals surface area contributed by atoms with Gasteiger partial charge in [0.1, 0.15) is 0 Å². The predicted octanol–water partition coefficient (Wildman–Crippen LogP) is 3.96. The maximum atomic E-state index is 11.6. The molecule has 0 saturated heterocycles. The number of hydrogen-bond acceptors (Lipinski definition) is 2. The number of ketones is 1. The normalized spacial score (nSPS) is 11.4. The fourth-order valence-electron chi connectivity index (χ4n) is 0.985. The number of hydrogen-bond donors (Lipinski definition) is 0. The van der Waals surface area contributed by atoms with Gasteiger partial charge < -0.3 is 0 Å². The molecule has 0 aromatic heterocycles. The van der Waals surface area contributed by atoms with Crippen molar-refractivity contribution in [3.8, 4) is 0 Å². The summed E-state index contributed by atoms with van der Waals surface area (Å²) in [6.07, 6.45) is 1.87. The van der Waals surface area contributed by atoms with Crippen molar-refractivity contribution in [1.29, 1.82) is 0 Å². The van der Waals surface area contributed by atoms with E-state index in [0.29, 0.717) is 5.56 Å². The van der Waals surface area contributed by atoms with E-state index in [2.05, 4.69) is 0 Å². The van der Waals surface area contributed by atoms with Crippen molar-refractivity contribution < 1.29 is 4.79 Å². The highest BCUT2D eigenvalue weighted by Gasteiger charge is 2.32. The molecular weight excluding hydrogens is 263 g/mol. The van der Waals surface area contributed by atoms with Crippen LogP contribution in [0.3, 0.4) is 0 Å². The van der Waals surface area contributed by atoms with E-state index >= 15 is 0 Å². The molecule has 0 radical (unpaired) electrons. The molecule has 0 saturated carbocycles. The fourth-order valence-corrected chi connectivity index (χ4v) is 1.89. The molecule has 0 N–H and O–H groups in total. The van der Waals surface area contributed by atoms with Crippen LogP contribution in [0.1, 0.15) is 10.4 Å². The first-order valence-corrected chi connectivity index (χ1v) is 6.07. The summed E-state index contributed by atoms with van der Waals surface area (Å²) in [6, 6.07) is 7.04. The van der Waals surface area contributed by atoms with E-state index < -0.39 is 9.58 Å². The quantitative estimate of drug-likeness (QED) is 0.459. The minimum Gasteiger partial charge on any atom is -0.289 e. The lowest BCUT2D eigenvalue weighted by molar-refractivity contribution is 0.0993. The lowest BCUT2D eigenvalue weighted by Crippen LogP contribution is -2.19. The van der Waals surface area contributed by atoms with Crippen LogP contribution >= 0.6 is 46.6 Å². The van der Waals surface area contributed by atoms with E-state index in [0.717, 1.165) is 4.90 Å². The minimum atomic E-state index is -1.88. The Balaban J connectivity index is 3.13. The zero-order chi connectivity index (χ0) is 10.8. The Hall–Kier alpha value is 0.110. The first-order valence-electron chi connectivity index (χ1n) is 3.71. The van der Waals surface area contributed by atoms with Crippen molar-refractivity contribution in [1.82, 2.24) is 0 Å². The summed E-state index contributed by atoms with van der Waals surface area (Å²) in [7, 11) is 0. The molecular formula is C9H7Cl3OS. The molecule has 1 aromatic carbocycles. The molecule has 1 aromatic rings. The monoisotopic (exact) mass is 268 g/mol. The van der Waals surface area contributed by atoms with Crippen LogP contribution in [0, 0.1) is 0 Å². The molecule has 0 bridgehead atoms. The average molecular weight is 270 g/mol. The van der Waals surface area contributed by atoms with Crippen molar-refractivity contribution in [2.24, 2.45) is 0 Å². The number of alkyl halides is 3. The van der Waals surface area contributed by atoms with Crippen molar-refractivity contribution >= 4 is 52.3 Å². The number of rotatable bonds is 2. The van der Waals surface area contributed by atoms with Gasteiger partial charge in [0.15, 0.2) is 0 Å². The second kappa shape index (κ2) is 4.75. The summed E-state index contributed by atoms with van der Waals surface area (Å²) in [5.41, 5.74) is 0.444. The van der Waals surface area contributed by atoms with Gasteiger partial charge >= 0.3 is 0 Å². The van der Waals surface area contributed by atoms with Gasteiger partial charge in [-0.15, -0.1) is 11.8 Å². The first kappa shape index (κ1) is 12.2. The first-order chi connectivity index (χ1) is 6.46. The van der Waals surface area contributed by atoms with Crippen molar-refractivity contribution in [2.75, 3.05) is 6.26 Å². The van der Waals surface area contributed by atoms with Crippen LogP contribution in [0.5, 0.6) is 0 Å². The van der Waals surface area contributed by atoms with E-state index in [1.807, 2.05) is 18.4 Å². The van der Waals surface area contributed by atoms with Crippen LogP contribution in [-0.2, 0) is 0 Å². The van der Waals surface area contributed by atoms with Gasteiger partial charge in [-0.05, 0) is 12.3 Å². The maximum absolute atomic E-state index is 11.6. The molecule has 0 aliphatic carbocycles. The molecule has 0 aliphatic rings. The van der Waals surface area contributed by atoms with Crippen LogP contribution in [0.15, 0.2) is 29.2 Å². The van der Waals surface area contributed by atoms with Crippen LogP contribution in [0.4, 0.5) is 0 Å². The number of carbonyl (C=O) groups is 1. The number of carbonyl (C=O) groups excluding carboxylic acids is 1. The lowest BCUT2D eigenvalue weighted by atomic mass is 10.1. The third-order valence-electron chi connectivity index (χ3n) is 1.61. The summed E-state index contributed by atoms with van der Waals surface area (Å²) in [6.45, 7) is 0. The van der Waals surface area contributed by atoms with Crippen LogP contribution < -0.4 is 0 Å². The minimum absolute atomic E-state index is 0.444. The molecule has 0 atom stereocenters. The van der Waals surface area contributed by atoms with Crippen LogP contribution in [0.25, 0.3) is 0 Å². The topological polar surface area (TPSA) is 17.1 Å². The van der Waals surface area contributed by atoms with E-state index in [-0.39, 0.29) is 0 Å². The van der Waals surface area contributed by atoms with Crippen molar-refractivity contribution in [2.45, 2.75) is 8.69 Å². The van der Waals surface area contributed by atoms with Crippen LogP contribution in [-0.4, -0.2) is 15.8 Å². The van der Waals surface area contributed by atoms with Crippen LogP contribution in [0.2, 0.25) is 0 Å². The molecule has 0 aliphatic heterocycles. The third-order valence-corrected chi connectivity index (χ3v) is 2.92. The number of halogens is 3. The molecule has 0 fully saturated rings. The van der Waals surface area contributed by atoms with Gasteiger partial charge in [0.25, 0.3) is 3.79 Å². The zero-order valence-electron chi connectivity index (χ0n) is 7.26. The molecule has 1 nitrogen and oxygen atoms in total. The number of Topliss-reactive ketones (excluding diaryl/α,β-unsaturated/α-hetero) is 1. The number of thioether (sulfide) groups is 1. The van der Waals surface area contributed by atoms with E-state index in [1.54, 1.807) is 12.1 Å². The molecule has 0 spiro atoms. The Morgan fingerprint density at radius 3 is 2.36 bits per heavy atom. The second-order valence-corrected chi connectivity index (χ2v) is 5.66. The highest BCUT2D eigenvalue weighted by atomic mass is 35.6. The second-order valence-electron chi connectivity index (χ2n) is 2.53. The molecule has 0 unspecified atom stereocenters. The van der Waals surface area contributed by atoms with E-state index in [4.69, 9.17) is 34.8 Å². The molecule has 76 valence electrons. The fraction of sp³-hybridized carbons (Fsp3) is 0.222. The summed E-state index contributed by atoms with van der Waals surface area (Å²) < 4.78 is -1.88. The van der Waals surface area contributed by atoms with Gasteiger partial charge in [0, 0.05) is 10.5 Å². The molecule has 0 heterocycles. The Morgan fingerprint density at radius 1 is 1.29 bits per heavy atom. The Kier molecular flexibility index (Phi) is 4.14. The van der Waals surface area contributed by atoms with Crippen molar-refractivity contribution in [3.05, 3.63) is 29.8 Å². The van der Waals surface area contributed by atoms with Gasteiger partial charge in [0.05, 0.1) is 0 Å². The molecule has 0 amide bonds. The summed E-state index contributed by atoms with van der Waals surface area (Å²) in [4.78, 5) is 12.4. The summed E-state index contributed by atoms with van der Waals surface area (Å²) >= 11 is 18.0. The smallest absolute Gasteiger partial charge is 0.253 e. The Morgan fingerprint density at radius 2 is 1.86 bits per heavy atom. The molecule has 5 heteroatoms. The molecule has 1 rings (SSSR count). The average Bonchev–Trinajstić information content (AvgIpc) is 2.15. The van der Waals surface area contributed by atoms with Crippen molar-refractivity contribution in [3.63, 3.8) is 0 Å². The Bertz CT molecular complexity index is 346. The zero-order valence-corrected chi connectivity index (χ0v) is 10.3. The lowest BCUT2D eigenvalue weighted by Gasteiger charge is -2.11. The highest BCUT2D eigenvalue weighted by Crippen LogP contribution is 2.33. The maximum Gasteiger partial charge on any atom is 0.253 e. The largest absolute Gasteiger partial charge is 0.289 e. The Labute approximate surface area is 102 Å². The summed E-state index contributed by atoms with van der Waals surface area (Å²) in [5.74, 6) is -0.493. The molecule has 14 heavy (non-hydrogen) atoms. The van der Waals surface area contributed by atoms with Gasteiger partial charge in [0.2, 0.25) is 5.78 Å². The SMILES string of the molecule is CSc1ccccc1C(=O)C(Cl)(Cl)Cl. The van der Waals surface area contributed by atoms with Gasteiger partial charge in [-0.1, -0.05) is 53.0 Å². The van der Waals surface area contributed by atoms with E-state index in [1.165, 1.54) is 11.8 Å². The highest BCUT2D eigenvalue weighted by molar-refractivity contribution is 7.98. The number of benzene rings is 1. The van der Waals surface area contributed by atoms with Gasteiger partial charge in [-0.3, -0.25) is 4.79 Å². The van der Waals surface area contributed by atoms with Gasteiger partial charge in [-0.2, -0.15) is 0 Å².